The van der Waals surface area contributed by atoms with E-state index in [0.717, 1.165) is 38.6 Å². The number of ether oxygens (including phenoxy) is 1. The van der Waals surface area contributed by atoms with Crippen LogP contribution < -0.4 is 5.32 Å². The maximum atomic E-state index is 5.94. The van der Waals surface area contributed by atoms with Gasteiger partial charge in [0.05, 0.1) is 12.2 Å². The molecule has 0 radical (unpaired) electrons. The predicted molar refractivity (Wildman–Crippen MR) is 84.3 cm³/mol. The van der Waals surface area contributed by atoms with Crippen molar-refractivity contribution in [3.8, 4) is 0 Å². The van der Waals surface area contributed by atoms with E-state index in [1.54, 1.807) is 0 Å². The van der Waals surface area contributed by atoms with Gasteiger partial charge in [-0.25, -0.2) is 0 Å². The summed E-state index contributed by atoms with van der Waals surface area (Å²) >= 11 is 0. The Kier molecular flexibility index (Phi) is 3.97. The smallest absolute Gasteiger partial charge is 0.0707 e. The van der Waals surface area contributed by atoms with E-state index in [9.17, 15) is 0 Å². The van der Waals surface area contributed by atoms with E-state index >= 15 is 0 Å². The second-order valence-corrected chi connectivity index (χ2v) is 6.90. The minimum absolute atomic E-state index is 0.493. The predicted octanol–water partition coefficient (Wildman–Crippen LogP) is 2.34. The molecule has 2 saturated heterocycles. The molecule has 3 heteroatoms. The number of morpholine rings is 1. The number of fused-ring (bicyclic) bond motifs is 2. The van der Waals surface area contributed by atoms with Gasteiger partial charge in [0.15, 0.2) is 0 Å². The maximum absolute atomic E-state index is 5.94. The number of hydrogen-bond acceptors (Lipinski definition) is 3. The van der Waals surface area contributed by atoms with Gasteiger partial charge in [0.25, 0.3) is 0 Å². The molecular weight excluding hydrogens is 260 g/mol. The lowest BCUT2D eigenvalue weighted by Crippen LogP contribution is -2.42. The summed E-state index contributed by atoms with van der Waals surface area (Å²) < 4.78 is 5.94. The zero-order chi connectivity index (χ0) is 14.1. The molecule has 3 fully saturated rings. The Bertz CT molecular complexity index is 474. The number of benzene rings is 1. The quantitative estimate of drug-likeness (QED) is 0.869. The van der Waals surface area contributed by atoms with E-state index in [-0.39, 0.29) is 0 Å². The molecule has 2 unspecified atom stereocenters. The summed E-state index contributed by atoms with van der Waals surface area (Å²) in [5, 5.41) is 3.63. The monoisotopic (exact) mass is 286 g/mol. The Morgan fingerprint density at radius 3 is 2.43 bits per heavy atom. The lowest BCUT2D eigenvalue weighted by atomic mass is 10.0. The van der Waals surface area contributed by atoms with Crippen LogP contribution in [0, 0.1) is 0 Å². The highest BCUT2D eigenvalue weighted by molar-refractivity contribution is 5.27. The van der Waals surface area contributed by atoms with Gasteiger partial charge in [-0.1, -0.05) is 24.3 Å². The summed E-state index contributed by atoms with van der Waals surface area (Å²) in [5.74, 6) is 0. The van der Waals surface area contributed by atoms with Crippen LogP contribution in [0.3, 0.4) is 0 Å². The van der Waals surface area contributed by atoms with Crippen molar-refractivity contribution in [1.82, 2.24) is 10.2 Å². The van der Waals surface area contributed by atoms with Crippen LogP contribution in [0.15, 0.2) is 24.3 Å². The van der Waals surface area contributed by atoms with Gasteiger partial charge in [-0.05, 0) is 49.8 Å². The number of hydrogen-bond donors (Lipinski definition) is 1. The molecule has 2 bridgehead atoms. The summed E-state index contributed by atoms with van der Waals surface area (Å²) in [4.78, 5) is 2.60. The number of rotatable bonds is 6. The van der Waals surface area contributed by atoms with Crippen LogP contribution in [0.5, 0.6) is 0 Å². The number of nitrogens with one attached hydrogen (secondary N) is 1. The van der Waals surface area contributed by atoms with Crippen molar-refractivity contribution in [2.75, 3.05) is 19.6 Å². The molecule has 4 rings (SSSR count). The molecule has 2 atom stereocenters. The number of likely N-dealkylation sites (tertiary alicyclic amines) is 1. The minimum atomic E-state index is 0.493. The highest BCUT2D eigenvalue weighted by atomic mass is 16.5. The Morgan fingerprint density at radius 1 is 1.00 bits per heavy atom. The first-order valence-electron chi connectivity index (χ1n) is 8.55. The second kappa shape index (κ2) is 6.07. The normalized spacial score (nSPS) is 29.0. The molecule has 21 heavy (non-hydrogen) atoms. The number of nitrogens with zero attached hydrogens (tertiary/aromatic N) is 1. The average Bonchev–Trinajstić information content (AvgIpc) is 3.25. The molecule has 0 amide bonds. The molecule has 114 valence electrons. The average molecular weight is 286 g/mol. The zero-order valence-corrected chi connectivity index (χ0v) is 12.8. The summed E-state index contributed by atoms with van der Waals surface area (Å²) in [6.45, 7) is 4.45. The van der Waals surface area contributed by atoms with Crippen molar-refractivity contribution >= 4 is 0 Å². The molecule has 1 N–H and O–H groups in total. The van der Waals surface area contributed by atoms with Crippen LogP contribution >= 0.6 is 0 Å². The van der Waals surface area contributed by atoms with Crippen LogP contribution in [0.2, 0.25) is 0 Å². The van der Waals surface area contributed by atoms with E-state index in [1.807, 2.05) is 0 Å². The highest BCUT2D eigenvalue weighted by Gasteiger charge is 2.33. The Labute approximate surface area is 127 Å². The first kappa shape index (κ1) is 13.7. The standard InChI is InChI=1S/C18H26N2O/c1-2-4-15(14(3-1)9-10-19-16-5-6-16)11-20-12-17-7-8-18(13-20)21-17/h1-4,16-19H,5-13H2. The van der Waals surface area contributed by atoms with E-state index < -0.39 is 0 Å². The van der Waals surface area contributed by atoms with E-state index in [0.29, 0.717) is 12.2 Å². The molecule has 0 aromatic heterocycles. The maximum Gasteiger partial charge on any atom is 0.0707 e. The fourth-order valence-corrected chi connectivity index (χ4v) is 3.72. The van der Waals surface area contributed by atoms with Crippen LogP contribution in [0.4, 0.5) is 0 Å². The fraction of sp³-hybridized carbons (Fsp3) is 0.667. The van der Waals surface area contributed by atoms with Gasteiger partial charge in [-0.3, -0.25) is 4.90 Å². The molecule has 0 spiro atoms. The summed E-state index contributed by atoms with van der Waals surface area (Å²) in [5.41, 5.74) is 3.03. The minimum Gasteiger partial charge on any atom is -0.372 e. The van der Waals surface area contributed by atoms with Gasteiger partial charge in [0.1, 0.15) is 0 Å². The van der Waals surface area contributed by atoms with Crippen molar-refractivity contribution in [1.29, 1.82) is 0 Å². The molecule has 1 aliphatic carbocycles. The largest absolute Gasteiger partial charge is 0.372 e. The fourth-order valence-electron chi connectivity index (χ4n) is 3.72. The zero-order valence-electron chi connectivity index (χ0n) is 12.8. The lowest BCUT2D eigenvalue weighted by Gasteiger charge is -2.32. The summed E-state index contributed by atoms with van der Waals surface area (Å²) in [6, 6.07) is 9.79. The molecule has 2 aliphatic heterocycles. The van der Waals surface area contributed by atoms with Gasteiger partial charge in [-0.15, -0.1) is 0 Å². The molecule has 1 aromatic carbocycles. The van der Waals surface area contributed by atoms with Crippen molar-refractivity contribution in [3.05, 3.63) is 35.4 Å². The molecule has 3 nitrogen and oxygen atoms in total. The van der Waals surface area contributed by atoms with Gasteiger partial charge in [0, 0.05) is 25.7 Å². The van der Waals surface area contributed by atoms with Crippen LogP contribution in [0.1, 0.15) is 36.8 Å². The third-order valence-corrected chi connectivity index (χ3v) is 5.04. The van der Waals surface area contributed by atoms with Crippen LogP contribution in [-0.2, 0) is 17.7 Å². The van der Waals surface area contributed by atoms with Crippen molar-refractivity contribution in [2.24, 2.45) is 0 Å². The summed E-state index contributed by atoms with van der Waals surface area (Å²) in [6.07, 6.45) is 7.41. The molecular formula is C18H26N2O. The topological polar surface area (TPSA) is 24.5 Å². The summed E-state index contributed by atoms with van der Waals surface area (Å²) in [7, 11) is 0. The SMILES string of the molecule is c1ccc(CN2CC3CCC(C2)O3)c(CCNC2CC2)c1. The highest BCUT2D eigenvalue weighted by Crippen LogP contribution is 2.27. The molecule has 1 aromatic rings. The van der Waals surface area contributed by atoms with Crippen LogP contribution in [0.25, 0.3) is 0 Å². The Morgan fingerprint density at radius 2 is 1.71 bits per heavy atom. The Hall–Kier alpha value is -0.900. The van der Waals surface area contributed by atoms with Crippen molar-refractivity contribution in [3.63, 3.8) is 0 Å². The van der Waals surface area contributed by atoms with Gasteiger partial charge < -0.3 is 10.1 Å². The molecule has 2 heterocycles. The Balaban J connectivity index is 1.37. The van der Waals surface area contributed by atoms with Gasteiger partial charge in [0.2, 0.25) is 0 Å². The third-order valence-electron chi connectivity index (χ3n) is 5.04. The van der Waals surface area contributed by atoms with Gasteiger partial charge in [-0.2, -0.15) is 0 Å². The van der Waals surface area contributed by atoms with E-state index in [4.69, 9.17) is 4.74 Å². The van der Waals surface area contributed by atoms with E-state index in [2.05, 4.69) is 34.5 Å². The second-order valence-electron chi connectivity index (χ2n) is 6.90. The molecule has 1 saturated carbocycles. The van der Waals surface area contributed by atoms with Crippen molar-refractivity contribution < 1.29 is 4.74 Å². The molecule has 3 aliphatic rings. The lowest BCUT2D eigenvalue weighted by molar-refractivity contribution is -0.0411. The first-order valence-corrected chi connectivity index (χ1v) is 8.55. The van der Waals surface area contributed by atoms with E-state index in [1.165, 1.54) is 36.8 Å². The van der Waals surface area contributed by atoms with Crippen LogP contribution in [-0.4, -0.2) is 42.8 Å². The van der Waals surface area contributed by atoms with Gasteiger partial charge >= 0.3 is 0 Å². The first-order chi connectivity index (χ1) is 10.4. The third kappa shape index (κ3) is 3.47. The van der Waals surface area contributed by atoms with Crippen molar-refractivity contribution in [2.45, 2.75) is 56.9 Å².